The number of nitrogens with zero attached hydrogens (tertiary/aromatic N) is 1. The van der Waals surface area contributed by atoms with E-state index in [1.807, 2.05) is 65.6 Å². The van der Waals surface area contributed by atoms with E-state index in [2.05, 4.69) is 6.58 Å². The Morgan fingerprint density at radius 3 is 1.95 bits per heavy atom. The van der Waals surface area contributed by atoms with E-state index in [0.717, 1.165) is 11.4 Å². The summed E-state index contributed by atoms with van der Waals surface area (Å²) in [6, 6.07) is 19.5. The summed E-state index contributed by atoms with van der Waals surface area (Å²) >= 11 is 0. The van der Waals surface area contributed by atoms with Gasteiger partial charge >= 0.3 is 5.97 Å². The normalized spacial score (nSPS) is 9.80. The quantitative estimate of drug-likeness (QED) is 0.592. The smallest absolute Gasteiger partial charge is 0.326 e. The van der Waals surface area contributed by atoms with Crippen LogP contribution in [0.5, 0.6) is 0 Å². The first kappa shape index (κ1) is 13.9. The van der Waals surface area contributed by atoms with Crippen LogP contribution in [0.25, 0.3) is 0 Å². The first-order valence-electron chi connectivity index (χ1n) is 6.45. The van der Waals surface area contributed by atoms with E-state index in [-0.39, 0.29) is 19.1 Å². The summed E-state index contributed by atoms with van der Waals surface area (Å²) in [5.74, 6) is -0.280. The van der Waals surface area contributed by atoms with Crippen LogP contribution in [0.2, 0.25) is 0 Å². The van der Waals surface area contributed by atoms with E-state index >= 15 is 0 Å². The van der Waals surface area contributed by atoms with Crippen LogP contribution in [0, 0.1) is 0 Å². The van der Waals surface area contributed by atoms with Crippen molar-refractivity contribution in [2.45, 2.75) is 0 Å². The van der Waals surface area contributed by atoms with Gasteiger partial charge in [0.15, 0.2) is 0 Å². The topological polar surface area (TPSA) is 29.5 Å². The van der Waals surface area contributed by atoms with Gasteiger partial charge in [0.25, 0.3) is 0 Å². The Morgan fingerprint density at radius 1 is 1.00 bits per heavy atom. The fourth-order valence-electron chi connectivity index (χ4n) is 1.87. The molecule has 0 bridgehead atoms. The maximum atomic E-state index is 11.8. The SMILES string of the molecule is C=CCOC(=O)CN(c1ccccc1)c1ccccc1. The zero-order valence-electron chi connectivity index (χ0n) is 11.2. The van der Waals surface area contributed by atoms with Gasteiger partial charge in [-0.3, -0.25) is 4.79 Å². The van der Waals surface area contributed by atoms with E-state index in [4.69, 9.17) is 4.74 Å². The number of hydrogen-bond donors (Lipinski definition) is 0. The molecule has 0 amide bonds. The molecule has 0 radical (unpaired) electrons. The molecule has 102 valence electrons. The van der Waals surface area contributed by atoms with Gasteiger partial charge in [0.05, 0.1) is 0 Å². The lowest BCUT2D eigenvalue weighted by Crippen LogP contribution is -2.26. The van der Waals surface area contributed by atoms with Crippen LogP contribution < -0.4 is 4.90 Å². The van der Waals surface area contributed by atoms with Gasteiger partial charge in [-0.25, -0.2) is 0 Å². The van der Waals surface area contributed by atoms with E-state index in [0.29, 0.717) is 0 Å². The predicted molar refractivity (Wildman–Crippen MR) is 81.0 cm³/mol. The molecule has 0 heterocycles. The molecule has 0 aromatic heterocycles. The number of benzene rings is 2. The largest absolute Gasteiger partial charge is 0.460 e. The highest BCUT2D eigenvalue weighted by molar-refractivity contribution is 5.80. The molecule has 0 aliphatic rings. The Labute approximate surface area is 119 Å². The molecule has 0 saturated heterocycles. The highest BCUT2D eigenvalue weighted by atomic mass is 16.5. The van der Waals surface area contributed by atoms with Gasteiger partial charge in [-0.2, -0.15) is 0 Å². The summed E-state index contributed by atoms with van der Waals surface area (Å²) in [6.45, 7) is 3.94. The molecular formula is C17H17NO2. The molecule has 0 spiro atoms. The summed E-state index contributed by atoms with van der Waals surface area (Å²) in [5, 5.41) is 0. The molecule has 0 fully saturated rings. The maximum absolute atomic E-state index is 11.8. The first-order valence-corrected chi connectivity index (χ1v) is 6.45. The van der Waals surface area contributed by atoms with Crippen LogP contribution in [0.4, 0.5) is 11.4 Å². The standard InChI is InChI=1S/C17H17NO2/c1-2-13-20-17(19)14-18(15-9-5-3-6-10-15)16-11-7-4-8-12-16/h2-12H,1,13-14H2. The number of carbonyl (C=O) groups excluding carboxylic acids is 1. The van der Waals surface area contributed by atoms with Gasteiger partial charge in [-0.1, -0.05) is 49.1 Å². The Morgan fingerprint density at radius 2 is 1.50 bits per heavy atom. The Balaban J connectivity index is 2.21. The van der Waals surface area contributed by atoms with Crippen molar-refractivity contribution >= 4 is 17.3 Å². The summed E-state index contributed by atoms with van der Waals surface area (Å²) < 4.78 is 5.07. The number of para-hydroxylation sites is 2. The molecule has 0 N–H and O–H groups in total. The molecule has 0 aliphatic heterocycles. The highest BCUT2D eigenvalue weighted by Crippen LogP contribution is 2.24. The molecule has 0 saturated carbocycles. The fraction of sp³-hybridized carbons (Fsp3) is 0.118. The molecule has 0 unspecified atom stereocenters. The van der Waals surface area contributed by atoms with Gasteiger partial charge in [-0.15, -0.1) is 0 Å². The van der Waals surface area contributed by atoms with Crippen LogP contribution in [0.1, 0.15) is 0 Å². The third-order valence-corrected chi connectivity index (χ3v) is 2.79. The van der Waals surface area contributed by atoms with E-state index in [1.165, 1.54) is 0 Å². The van der Waals surface area contributed by atoms with E-state index < -0.39 is 0 Å². The number of anilines is 2. The van der Waals surface area contributed by atoms with Crippen molar-refractivity contribution in [1.29, 1.82) is 0 Å². The molecule has 3 nitrogen and oxygen atoms in total. The summed E-state index contributed by atoms with van der Waals surface area (Å²) in [4.78, 5) is 13.8. The minimum absolute atomic E-state index is 0.169. The van der Waals surface area contributed by atoms with Crippen molar-refractivity contribution in [2.24, 2.45) is 0 Å². The van der Waals surface area contributed by atoms with Crippen LogP contribution in [0.3, 0.4) is 0 Å². The third-order valence-electron chi connectivity index (χ3n) is 2.79. The van der Waals surface area contributed by atoms with Gasteiger partial charge in [-0.05, 0) is 24.3 Å². The minimum atomic E-state index is -0.280. The predicted octanol–water partition coefficient (Wildman–Crippen LogP) is 3.55. The number of ether oxygens (including phenoxy) is 1. The van der Waals surface area contributed by atoms with Gasteiger partial charge < -0.3 is 9.64 Å². The third kappa shape index (κ3) is 3.72. The molecule has 3 heteroatoms. The Kier molecular flexibility index (Phi) is 4.95. The average molecular weight is 267 g/mol. The number of carbonyl (C=O) groups is 1. The van der Waals surface area contributed by atoms with Crippen molar-refractivity contribution in [2.75, 3.05) is 18.1 Å². The maximum Gasteiger partial charge on any atom is 0.326 e. The molecule has 0 atom stereocenters. The summed E-state index contributed by atoms with van der Waals surface area (Å²) in [7, 11) is 0. The molecule has 20 heavy (non-hydrogen) atoms. The van der Waals surface area contributed by atoms with Crippen LogP contribution >= 0.6 is 0 Å². The monoisotopic (exact) mass is 267 g/mol. The van der Waals surface area contributed by atoms with E-state index in [9.17, 15) is 4.79 Å². The highest BCUT2D eigenvalue weighted by Gasteiger charge is 2.13. The summed E-state index contributed by atoms with van der Waals surface area (Å²) in [5.41, 5.74) is 1.91. The molecule has 2 rings (SSSR count). The van der Waals surface area contributed by atoms with Gasteiger partial charge in [0.2, 0.25) is 0 Å². The second-order valence-corrected chi connectivity index (χ2v) is 4.23. The molecular weight excluding hydrogens is 250 g/mol. The molecule has 2 aromatic rings. The van der Waals surface area contributed by atoms with Crippen LogP contribution in [-0.4, -0.2) is 19.1 Å². The zero-order valence-corrected chi connectivity index (χ0v) is 11.2. The average Bonchev–Trinajstić information content (AvgIpc) is 2.52. The lowest BCUT2D eigenvalue weighted by atomic mass is 10.2. The van der Waals surface area contributed by atoms with Crippen LogP contribution in [0.15, 0.2) is 73.3 Å². The lowest BCUT2D eigenvalue weighted by molar-refractivity contribution is -0.140. The van der Waals surface area contributed by atoms with Crippen molar-refractivity contribution in [3.63, 3.8) is 0 Å². The molecule has 2 aromatic carbocycles. The Hall–Kier alpha value is -2.55. The zero-order chi connectivity index (χ0) is 14.2. The van der Waals surface area contributed by atoms with Crippen molar-refractivity contribution in [3.05, 3.63) is 73.3 Å². The van der Waals surface area contributed by atoms with Crippen molar-refractivity contribution < 1.29 is 9.53 Å². The first-order chi connectivity index (χ1) is 9.81. The second kappa shape index (κ2) is 7.14. The summed E-state index contributed by atoms with van der Waals surface area (Å²) in [6.07, 6.45) is 1.56. The fourth-order valence-corrected chi connectivity index (χ4v) is 1.87. The molecule has 0 aliphatic carbocycles. The van der Waals surface area contributed by atoms with E-state index in [1.54, 1.807) is 6.08 Å². The second-order valence-electron chi connectivity index (χ2n) is 4.23. The number of hydrogen-bond acceptors (Lipinski definition) is 3. The van der Waals surface area contributed by atoms with Crippen LogP contribution in [-0.2, 0) is 9.53 Å². The minimum Gasteiger partial charge on any atom is -0.460 e. The van der Waals surface area contributed by atoms with Gasteiger partial charge in [0, 0.05) is 11.4 Å². The van der Waals surface area contributed by atoms with Gasteiger partial charge in [0.1, 0.15) is 13.2 Å². The Bertz CT molecular complexity index is 512. The number of esters is 1. The lowest BCUT2D eigenvalue weighted by Gasteiger charge is -2.23. The van der Waals surface area contributed by atoms with Crippen molar-refractivity contribution in [3.8, 4) is 0 Å². The number of rotatable bonds is 6. The van der Waals surface area contributed by atoms with Crippen molar-refractivity contribution in [1.82, 2.24) is 0 Å².